The van der Waals surface area contributed by atoms with Crippen LogP contribution in [-0.4, -0.2) is 17.0 Å². The number of carbonyl (C=O) groups is 1. The molecule has 1 heterocycles. The summed E-state index contributed by atoms with van der Waals surface area (Å²) in [5.41, 5.74) is 5.67. The molecule has 5 heteroatoms. The van der Waals surface area contributed by atoms with E-state index < -0.39 is 0 Å². The van der Waals surface area contributed by atoms with Crippen molar-refractivity contribution in [2.75, 3.05) is 6.54 Å². The van der Waals surface area contributed by atoms with Crippen LogP contribution in [0.3, 0.4) is 0 Å². The van der Waals surface area contributed by atoms with Crippen molar-refractivity contribution in [3.05, 3.63) is 16.4 Å². The van der Waals surface area contributed by atoms with Crippen molar-refractivity contribution in [1.29, 1.82) is 0 Å². The van der Waals surface area contributed by atoms with Crippen LogP contribution in [-0.2, 0) is 11.8 Å². The van der Waals surface area contributed by atoms with Crippen molar-refractivity contribution in [2.45, 2.75) is 19.3 Å². The third kappa shape index (κ3) is 2.25. The van der Waals surface area contributed by atoms with Crippen LogP contribution < -0.4 is 10.5 Å². The van der Waals surface area contributed by atoms with Gasteiger partial charge in [-0.25, -0.2) is 0 Å². The van der Waals surface area contributed by atoms with Crippen molar-refractivity contribution in [3.8, 4) is 0 Å². The Morgan fingerprint density at radius 2 is 2.50 bits per heavy atom. The fourth-order valence-electron chi connectivity index (χ4n) is 2.26. The lowest BCUT2D eigenvalue weighted by Crippen LogP contribution is -2.26. The van der Waals surface area contributed by atoms with E-state index in [4.69, 9.17) is 5.73 Å². The lowest BCUT2D eigenvalue weighted by molar-refractivity contribution is -0.122. The summed E-state index contributed by atoms with van der Waals surface area (Å²) in [5.74, 6) is 0.389. The molecule has 2 atom stereocenters. The second-order valence-corrected chi connectivity index (χ2v) is 5.15. The summed E-state index contributed by atoms with van der Waals surface area (Å²) < 4.78 is 1.87. The topological polar surface area (TPSA) is 60.4 Å². The first-order valence-electron chi connectivity index (χ1n) is 5.61. The monoisotopic (exact) mass is 239 g/mol. The molecule has 0 radical (unpaired) electrons. The van der Waals surface area contributed by atoms with Crippen LogP contribution >= 0.6 is 11.3 Å². The molecule has 0 aliphatic heterocycles. The fourth-order valence-corrected chi connectivity index (χ4v) is 2.99. The maximum Gasteiger partial charge on any atom is 0.251 e. The second-order valence-electron chi connectivity index (χ2n) is 4.28. The highest BCUT2D eigenvalue weighted by Gasteiger charge is 2.31. The van der Waals surface area contributed by atoms with E-state index in [9.17, 15) is 4.79 Å². The van der Waals surface area contributed by atoms with E-state index >= 15 is 0 Å². The molecule has 0 bridgehead atoms. The molecule has 2 N–H and O–H groups in total. The lowest BCUT2D eigenvalue weighted by atomic mass is 9.96. The highest BCUT2D eigenvalue weighted by Crippen LogP contribution is 2.31. The molecule has 1 aromatic heterocycles. The highest BCUT2D eigenvalue weighted by atomic mass is 32.1. The first kappa shape index (κ1) is 11.5. The maximum absolute atomic E-state index is 12.0. The Bertz CT molecular complexity index is 434. The summed E-state index contributed by atoms with van der Waals surface area (Å²) in [7, 11) is 1.90. The lowest BCUT2D eigenvalue weighted by Gasteiger charge is -2.13. The smallest absolute Gasteiger partial charge is 0.251 e. The maximum atomic E-state index is 12.0. The summed E-state index contributed by atoms with van der Waals surface area (Å²) in [6.07, 6.45) is 5.02. The molecule has 0 aromatic carbocycles. The Balaban J connectivity index is 2.17. The average molecular weight is 239 g/mol. The van der Waals surface area contributed by atoms with Crippen molar-refractivity contribution in [3.63, 3.8) is 0 Å². The van der Waals surface area contributed by atoms with E-state index in [0.717, 1.165) is 24.1 Å². The van der Waals surface area contributed by atoms with Crippen molar-refractivity contribution in [1.82, 2.24) is 4.57 Å². The zero-order chi connectivity index (χ0) is 11.5. The zero-order valence-electron chi connectivity index (χ0n) is 9.43. The summed E-state index contributed by atoms with van der Waals surface area (Å²) in [6.45, 7) is 0.600. The summed E-state index contributed by atoms with van der Waals surface area (Å²) >= 11 is 1.49. The number of aryl methyl sites for hydroxylation is 1. The number of hydrogen-bond acceptors (Lipinski definition) is 3. The number of nitrogens with zero attached hydrogens (tertiary/aromatic N) is 2. The van der Waals surface area contributed by atoms with Gasteiger partial charge >= 0.3 is 0 Å². The Morgan fingerprint density at radius 3 is 3.12 bits per heavy atom. The van der Waals surface area contributed by atoms with Crippen LogP contribution in [0.2, 0.25) is 0 Å². The zero-order valence-corrected chi connectivity index (χ0v) is 10.2. The Morgan fingerprint density at radius 1 is 1.69 bits per heavy atom. The van der Waals surface area contributed by atoms with Crippen LogP contribution in [0, 0.1) is 11.8 Å². The molecule has 4 nitrogen and oxygen atoms in total. The average Bonchev–Trinajstić information content (AvgIpc) is 2.87. The molecular weight excluding hydrogens is 222 g/mol. The number of thiazole rings is 1. The number of aromatic nitrogens is 1. The predicted molar refractivity (Wildman–Crippen MR) is 63.7 cm³/mol. The Labute approximate surface area is 98.8 Å². The van der Waals surface area contributed by atoms with E-state index in [1.165, 1.54) is 11.3 Å². The van der Waals surface area contributed by atoms with Gasteiger partial charge in [-0.15, -0.1) is 11.3 Å². The normalized spacial score (nSPS) is 26.2. The largest absolute Gasteiger partial charge is 0.330 e. The highest BCUT2D eigenvalue weighted by molar-refractivity contribution is 7.07. The van der Waals surface area contributed by atoms with Crippen LogP contribution in [0.1, 0.15) is 19.3 Å². The SMILES string of the molecule is Cn1ccsc1=NC(=O)[C@@H]1CCC[C@@H]1CN. The molecule has 1 aliphatic rings. The first-order valence-corrected chi connectivity index (χ1v) is 6.49. The number of hydrogen-bond donors (Lipinski definition) is 1. The van der Waals surface area contributed by atoms with Gasteiger partial charge in [0, 0.05) is 24.5 Å². The molecule has 1 aromatic rings. The minimum atomic E-state index is 0.00556. The Kier molecular flexibility index (Phi) is 3.56. The van der Waals surface area contributed by atoms with E-state index in [1.54, 1.807) is 0 Å². The van der Waals surface area contributed by atoms with Crippen LogP contribution in [0.4, 0.5) is 0 Å². The molecule has 2 rings (SSSR count). The van der Waals surface area contributed by atoms with Crippen molar-refractivity contribution >= 4 is 17.2 Å². The number of nitrogens with two attached hydrogens (primary N) is 1. The quantitative estimate of drug-likeness (QED) is 0.833. The van der Waals surface area contributed by atoms with Crippen LogP contribution in [0.15, 0.2) is 16.6 Å². The van der Waals surface area contributed by atoms with E-state index in [-0.39, 0.29) is 11.8 Å². The molecule has 0 saturated heterocycles. The van der Waals surface area contributed by atoms with Gasteiger partial charge in [-0.1, -0.05) is 6.42 Å². The fraction of sp³-hybridized carbons (Fsp3) is 0.636. The van der Waals surface area contributed by atoms with Gasteiger partial charge in [0.2, 0.25) is 0 Å². The van der Waals surface area contributed by atoms with E-state index in [1.807, 2.05) is 23.2 Å². The number of carbonyl (C=O) groups excluding carboxylic acids is 1. The molecule has 1 amide bonds. The van der Waals surface area contributed by atoms with Gasteiger partial charge in [0.25, 0.3) is 5.91 Å². The Hall–Kier alpha value is -0.940. The predicted octanol–water partition coefficient (Wildman–Crippen LogP) is 0.889. The number of rotatable bonds is 2. The summed E-state index contributed by atoms with van der Waals surface area (Å²) in [6, 6.07) is 0. The molecule has 1 saturated carbocycles. The second kappa shape index (κ2) is 4.93. The molecule has 0 unspecified atom stereocenters. The molecular formula is C11H17N3OS. The van der Waals surface area contributed by atoms with Gasteiger partial charge in [-0.3, -0.25) is 4.79 Å². The minimum Gasteiger partial charge on any atom is -0.330 e. The molecule has 16 heavy (non-hydrogen) atoms. The van der Waals surface area contributed by atoms with Crippen LogP contribution in [0.25, 0.3) is 0 Å². The molecule has 1 fully saturated rings. The van der Waals surface area contributed by atoms with E-state index in [2.05, 4.69) is 4.99 Å². The third-order valence-corrected chi connectivity index (χ3v) is 4.09. The minimum absolute atomic E-state index is 0.00556. The van der Waals surface area contributed by atoms with Gasteiger partial charge in [0.05, 0.1) is 0 Å². The van der Waals surface area contributed by atoms with E-state index in [0.29, 0.717) is 12.5 Å². The number of amides is 1. The molecule has 1 aliphatic carbocycles. The van der Waals surface area contributed by atoms with Crippen molar-refractivity contribution in [2.24, 2.45) is 29.6 Å². The summed E-state index contributed by atoms with van der Waals surface area (Å²) in [5, 5.41) is 1.93. The molecule has 88 valence electrons. The van der Waals surface area contributed by atoms with Crippen molar-refractivity contribution < 1.29 is 4.79 Å². The van der Waals surface area contributed by atoms with Crippen LogP contribution in [0.5, 0.6) is 0 Å². The van der Waals surface area contributed by atoms with Gasteiger partial charge in [0.1, 0.15) is 0 Å². The van der Waals surface area contributed by atoms with Gasteiger partial charge in [-0.05, 0) is 25.3 Å². The standard InChI is InChI=1S/C11H17N3OS/c1-14-5-6-16-11(14)13-10(15)9-4-2-3-8(9)7-12/h5-6,8-9H,2-4,7,12H2,1H3/t8-,9-/m1/s1. The van der Waals surface area contributed by atoms with Gasteiger partial charge in [-0.2, -0.15) is 4.99 Å². The van der Waals surface area contributed by atoms with Gasteiger partial charge in [0.15, 0.2) is 4.80 Å². The van der Waals surface area contributed by atoms with Gasteiger partial charge < -0.3 is 10.3 Å². The third-order valence-electron chi connectivity index (χ3n) is 3.24. The first-order chi connectivity index (χ1) is 7.72. The summed E-state index contributed by atoms with van der Waals surface area (Å²) in [4.78, 5) is 17.0. The molecule has 0 spiro atoms.